The summed E-state index contributed by atoms with van der Waals surface area (Å²) in [6.45, 7) is 3.42. The predicted molar refractivity (Wildman–Crippen MR) is 93.6 cm³/mol. The molecule has 132 valence electrons. The molecule has 0 radical (unpaired) electrons. The fourth-order valence-corrected chi connectivity index (χ4v) is 2.60. The van der Waals surface area contributed by atoms with E-state index < -0.39 is 18.1 Å². The summed E-state index contributed by atoms with van der Waals surface area (Å²) in [6, 6.07) is 5.54. The van der Waals surface area contributed by atoms with Gasteiger partial charge in [0, 0.05) is 0 Å². The second-order valence-electron chi connectivity index (χ2n) is 5.56. The molecule has 0 saturated heterocycles. The Labute approximate surface area is 146 Å². The first-order valence-electron chi connectivity index (χ1n) is 7.63. The standard InChI is InChI=1S/C16H21N3O4.ClH/c1-3-6-12(16(22)23)17-10(2)15(21)19-9-14(20)18-11-7-4-5-8-13(11)19;/h4-5,7-8,10,12,17H,3,6,9H2,1-2H3,(H,18,20)(H,22,23);1H. The van der Waals surface area contributed by atoms with Crippen LogP contribution in [-0.2, 0) is 14.4 Å². The molecular weight excluding hydrogens is 334 g/mol. The van der Waals surface area contributed by atoms with Crippen molar-refractivity contribution in [1.82, 2.24) is 5.32 Å². The van der Waals surface area contributed by atoms with E-state index in [1.165, 1.54) is 4.90 Å². The molecule has 1 aromatic rings. The molecule has 2 rings (SSSR count). The number of aliphatic carboxylic acids is 1. The van der Waals surface area contributed by atoms with E-state index in [9.17, 15) is 19.5 Å². The van der Waals surface area contributed by atoms with Crippen LogP contribution in [0.5, 0.6) is 0 Å². The van der Waals surface area contributed by atoms with Crippen LogP contribution in [0, 0.1) is 0 Å². The quantitative estimate of drug-likeness (QED) is 0.720. The monoisotopic (exact) mass is 355 g/mol. The Hall–Kier alpha value is -2.12. The molecule has 3 N–H and O–H groups in total. The number of carboxylic acid groups (broad SMARTS) is 1. The normalized spacial score (nSPS) is 15.6. The fourth-order valence-electron chi connectivity index (χ4n) is 2.60. The van der Waals surface area contributed by atoms with Gasteiger partial charge in [0.05, 0.1) is 17.4 Å². The van der Waals surface area contributed by atoms with Gasteiger partial charge in [0.25, 0.3) is 0 Å². The van der Waals surface area contributed by atoms with Crippen LogP contribution in [0.4, 0.5) is 11.4 Å². The lowest BCUT2D eigenvalue weighted by Gasteiger charge is -2.32. The first kappa shape index (κ1) is 19.9. The molecule has 0 aliphatic carbocycles. The smallest absolute Gasteiger partial charge is 0.320 e. The zero-order valence-corrected chi connectivity index (χ0v) is 14.4. The highest BCUT2D eigenvalue weighted by atomic mass is 35.5. The van der Waals surface area contributed by atoms with E-state index in [1.54, 1.807) is 31.2 Å². The lowest BCUT2D eigenvalue weighted by Crippen LogP contribution is -2.53. The molecule has 2 amide bonds. The van der Waals surface area contributed by atoms with Crippen LogP contribution in [0.1, 0.15) is 26.7 Å². The summed E-state index contributed by atoms with van der Waals surface area (Å²) in [5.74, 6) is -1.58. The van der Waals surface area contributed by atoms with E-state index in [0.717, 1.165) is 0 Å². The lowest BCUT2D eigenvalue weighted by molar-refractivity contribution is -0.140. The molecule has 1 aliphatic heterocycles. The maximum atomic E-state index is 12.7. The van der Waals surface area contributed by atoms with E-state index in [-0.39, 0.29) is 30.8 Å². The summed E-state index contributed by atoms with van der Waals surface area (Å²) < 4.78 is 0. The minimum absolute atomic E-state index is 0. The number of hydrogen-bond donors (Lipinski definition) is 3. The number of para-hydroxylation sites is 2. The van der Waals surface area contributed by atoms with Gasteiger partial charge in [-0.1, -0.05) is 25.5 Å². The summed E-state index contributed by atoms with van der Waals surface area (Å²) in [6.07, 6.45) is 1.13. The van der Waals surface area contributed by atoms with Crippen LogP contribution in [0.2, 0.25) is 0 Å². The Bertz CT molecular complexity index is 623. The van der Waals surface area contributed by atoms with Gasteiger partial charge in [0.15, 0.2) is 0 Å². The van der Waals surface area contributed by atoms with Crippen molar-refractivity contribution in [3.05, 3.63) is 24.3 Å². The van der Waals surface area contributed by atoms with Gasteiger partial charge in [-0.25, -0.2) is 0 Å². The Morgan fingerprint density at radius 1 is 1.38 bits per heavy atom. The number of nitrogens with zero attached hydrogens (tertiary/aromatic N) is 1. The number of carbonyl (C=O) groups excluding carboxylic acids is 2. The molecule has 0 saturated carbocycles. The average Bonchev–Trinajstić information content (AvgIpc) is 2.52. The molecule has 8 heteroatoms. The number of fused-ring (bicyclic) bond motifs is 1. The first-order valence-corrected chi connectivity index (χ1v) is 7.63. The van der Waals surface area contributed by atoms with Gasteiger partial charge < -0.3 is 10.4 Å². The lowest BCUT2D eigenvalue weighted by atomic mass is 10.1. The summed E-state index contributed by atoms with van der Waals surface area (Å²) in [4.78, 5) is 37.0. The summed E-state index contributed by atoms with van der Waals surface area (Å²) in [5, 5.41) is 14.7. The van der Waals surface area contributed by atoms with Crippen molar-refractivity contribution in [3.8, 4) is 0 Å². The van der Waals surface area contributed by atoms with Crippen molar-refractivity contribution in [2.24, 2.45) is 0 Å². The van der Waals surface area contributed by atoms with E-state index in [4.69, 9.17) is 0 Å². The van der Waals surface area contributed by atoms with Crippen LogP contribution in [-0.4, -0.2) is 41.5 Å². The highest BCUT2D eigenvalue weighted by molar-refractivity contribution is 6.11. The summed E-state index contributed by atoms with van der Waals surface area (Å²) in [5.41, 5.74) is 1.20. The number of hydrogen-bond acceptors (Lipinski definition) is 4. The maximum absolute atomic E-state index is 12.7. The second kappa shape index (κ2) is 8.65. The highest BCUT2D eigenvalue weighted by Crippen LogP contribution is 2.29. The van der Waals surface area contributed by atoms with E-state index in [1.807, 2.05) is 6.92 Å². The van der Waals surface area contributed by atoms with E-state index in [0.29, 0.717) is 24.2 Å². The van der Waals surface area contributed by atoms with Gasteiger partial charge >= 0.3 is 5.97 Å². The van der Waals surface area contributed by atoms with E-state index in [2.05, 4.69) is 10.6 Å². The van der Waals surface area contributed by atoms with Crippen LogP contribution >= 0.6 is 12.4 Å². The van der Waals surface area contributed by atoms with E-state index >= 15 is 0 Å². The topological polar surface area (TPSA) is 98.7 Å². The molecule has 1 heterocycles. The summed E-state index contributed by atoms with van der Waals surface area (Å²) in [7, 11) is 0. The van der Waals surface area contributed by atoms with Gasteiger partial charge in [-0.3, -0.25) is 24.6 Å². The molecule has 24 heavy (non-hydrogen) atoms. The minimum Gasteiger partial charge on any atom is -0.480 e. The van der Waals surface area contributed by atoms with Crippen molar-refractivity contribution in [2.45, 2.75) is 38.8 Å². The number of rotatable bonds is 6. The van der Waals surface area contributed by atoms with Crippen molar-refractivity contribution < 1.29 is 19.5 Å². The molecule has 0 fully saturated rings. The van der Waals surface area contributed by atoms with Gasteiger partial charge in [0.1, 0.15) is 12.6 Å². The molecule has 1 aromatic carbocycles. The molecule has 0 aromatic heterocycles. The Morgan fingerprint density at radius 2 is 2.04 bits per heavy atom. The molecule has 2 unspecified atom stereocenters. The number of halogens is 1. The van der Waals surface area contributed by atoms with Crippen molar-refractivity contribution >= 4 is 41.6 Å². The third kappa shape index (κ3) is 4.46. The molecule has 7 nitrogen and oxygen atoms in total. The van der Waals surface area contributed by atoms with Crippen molar-refractivity contribution in [1.29, 1.82) is 0 Å². The highest BCUT2D eigenvalue weighted by Gasteiger charge is 2.31. The summed E-state index contributed by atoms with van der Waals surface area (Å²) >= 11 is 0. The third-order valence-corrected chi connectivity index (χ3v) is 3.73. The zero-order valence-electron chi connectivity index (χ0n) is 13.6. The Morgan fingerprint density at radius 3 is 2.67 bits per heavy atom. The Balaban J connectivity index is 0.00000288. The van der Waals surface area contributed by atoms with Crippen LogP contribution in [0.15, 0.2) is 24.3 Å². The second-order valence-corrected chi connectivity index (χ2v) is 5.56. The average molecular weight is 356 g/mol. The zero-order chi connectivity index (χ0) is 17.0. The number of amides is 2. The van der Waals surface area contributed by atoms with Gasteiger partial charge in [-0.05, 0) is 25.5 Å². The molecule has 2 atom stereocenters. The van der Waals surface area contributed by atoms with Crippen LogP contribution in [0.25, 0.3) is 0 Å². The van der Waals surface area contributed by atoms with Gasteiger partial charge in [-0.15, -0.1) is 12.4 Å². The molecule has 1 aliphatic rings. The number of anilines is 2. The number of benzene rings is 1. The first-order chi connectivity index (χ1) is 10.9. The largest absolute Gasteiger partial charge is 0.480 e. The van der Waals surface area contributed by atoms with Gasteiger partial charge in [0.2, 0.25) is 11.8 Å². The molecular formula is C16H22ClN3O4. The third-order valence-electron chi connectivity index (χ3n) is 3.73. The minimum atomic E-state index is -0.983. The van der Waals surface area contributed by atoms with Crippen molar-refractivity contribution in [3.63, 3.8) is 0 Å². The Kier molecular flexibility index (Phi) is 7.18. The van der Waals surface area contributed by atoms with Crippen LogP contribution < -0.4 is 15.5 Å². The number of carbonyl (C=O) groups is 3. The maximum Gasteiger partial charge on any atom is 0.320 e. The molecule has 0 bridgehead atoms. The van der Waals surface area contributed by atoms with Crippen LogP contribution in [0.3, 0.4) is 0 Å². The number of carboxylic acids is 1. The van der Waals surface area contributed by atoms with Gasteiger partial charge in [-0.2, -0.15) is 0 Å². The predicted octanol–water partition coefficient (Wildman–Crippen LogP) is 1.62. The SMILES string of the molecule is CCCC(NC(C)C(=O)N1CC(=O)Nc2ccccc21)C(=O)O.Cl. The molecule has 0 spiro atoms. The fraction of sp³-hybridized carbons (Fsp3) is 0.438. The number of nitrogens with one attached hydrogen (secondary N) is 2. The van der Waals surface area contributed by atoms with Crippen molar-refractivity contribution in [2.75, 3.05) is 16.8 Å².